The summed E-state index contributed by atoms with van der Waals surface area (Å²) in [5.41, 5.74) is 6.61. The molecule has 2 rings (SSSR count). The zero-order valence-corrected chi connectivity index (χ0v) is 11.0. The van der Waals surface area contributed by atoms with Gasteiger partial charge in [0, 0.05) is 29.8 Å². The van der Waals surface area contributed by atoms with E-state index in [1.807, 2.05) is 17.5 Å². The SMILES string of the molecule is Nc1nc(CCNCc2ccc(Cl)s2)cs1. The van der Waals surface area contributed by atoms with E-state index in [-0.39, 0.29) is 0 Å². The summed E-state index contributed by atoms with van der Waals surface area (Å²) in [4.78, 5) is 5.45. The molecule has 0 fully saturated rings. The molecule has 0 aromatic carbocycles. The van der Waals surface area contributed by atoms with E-state index < -0.39 is 0 Å². The third kappa shape index (κ3) is 3.45. The molecular formula is C10H12ClN3S2. The fraction of sp³-hybridized carbons (Fsp3) is 0.300. The van der Waals surface area contributed by atoms with Crippen molar-refractivity contribution >= 4 is 39.4 Å². The Morgan fingerprint density at radius 3 is 2.94 bits per heavy atom. The van der Waals surface area contributed by atoms with Crippen LogP contribution in [0.2, 0.25) is 4.34 Å². The van der Waals surface area contributed by atoms with E-state index in [4.69, 9.17) is 17.3 Å². The highest BCUT2D eigenvalue weighted by molar-refractivity contribution is 7.16. The van der Waals surface area contributed by atoms with Gasteiger partial charge in [-0.25, -0.2) is 4.98 Å². The Morgan fingerprint density at radius 2 is 2.31 bits per heavy atom. The first-order valence-electron chi connectivity index (χ1n) is 4.89. The van der Waals surface area contributed by atoms with Crippen LogP contribution in [0.4, 0.5) is 5.13 Å². The Labute approximate surface area is 107 Å². The highest BCUT2D eigenvalue weighted by Gasteiger charge is 2.00. The Bertz CT molecular complexity index is 410. The number of nitrogens with two attached hydrogens (primary N) is 1. The number of hydrogen-bond acceptors (Lipinski definition) is 5. The first kappa shape index (κ1) is 11.9. The Kier molecular flexibility index (Phi) is 4.17. The summed E-state index contributed by atoms with van der Waals surface area (Å²) in [5.74, 6) is 0. The molecule has 0 unspecified atom stereocenters. The topological polar surface area (TPSA) is 50.9 Å². The fourth-order valence-electron chi connectivity index (χ4n) is 1.31. The van der Waals surface area contributed by atoms with Gasteiger partial charge in [0.05, 0.1) is 10.0 Å². The maximum Gasteiger partial charge on any atom is 0.180 e. The van der Waals surface area contributed by atoms with Crippen molar-refractivity contribution in [1.29, 1.82) is 0 Å². The molecule has 0 atom stereocenters. The van der Waals surface area contributed by atoms with E-state index in [0.29, 0.717) is 5.13 Å². The molecule has 3 N–H and O–H groups in total. The zero-order valence-electron chi connectivity index (χ0n) is 8.57. The molecule has 16 heavy (non-hydrogen) atoms. The number of thiophene rings is 1. The van der Waals surface area contributed by atoms with E-state index in [0.717, 1.165) is 29.5 Å². The lowest BCUT2D eigenvalue weighted by Crippen LogP contribution is -2.16. The van der Waals surface area contributed by atoms with Crippen LogP contribution in [0.3, 0.4) is 0 Å². The maximum absolute atomic E-state index is 5.84. The number of anilines is 1. The quantitative estimate of drug-likeness (QED) is 0.824. The first-order chi connectivity index (χ1) is 7.74. The average Bonchev–Trinajstić information content (AvgIpc) is 2.83. The molecule has 0 saturated heterocycles. The normalized spacial score (nSPS) is 10.8. The number of halogens is 1. The first-order valence-corrected chi connectivity index (χ1v) is 6.96. The minimum atomic E-state index is 0.639. The molecule has 2 aromatic rings. The van der Waals surface area contributed by atoms with Gasteiger partial charge in [-0.1, -0.05) is 11.6 Å². The Balaban J connectivity index is 1.69. The van der Waals surface area contributed by atoms with Crippen molar-refractivity contribution in [3.05, 3.63) is 32.4 Å². The molecule has 6 heteroatoms. The molecule has 0 radical (unpaired) electrons. The van der Waals surface area contributed by atoms with Crippen molar-refractivity contribution in [3.8, 4) is 0 Å². The number of nitrogen functional groups attached to an aromatic ring is 1. The van der Waals surface area contributed by atoms with E-state index in [2.05, 4.69) is 10.3 Å². The fourth-order valence-corrected chi connectivity index (χ4v) is 2.97. The molecule has 2 aromatic heterocycles. The van der Waals surface area contributed by atoms with Crippen LogP contribution in [0.5, 0.6) is 0 Å². The van der Waals surface area contributed by atoms with Gasteiger partial charge in [0.15, 0.2) is 5.13 Å². The lowest BCUT2D eigenvalue weighted by molar-refractivity contribution is 0.688. The van der Waals surface area contributed by atoms with Crippen LogP contribution >= 0.6 is 34.3 Å². The van der Waals surface area contributed by atoms with E-state index in [1.165, 1.54) is 16.2 Å². The summed E-state index contributed by atoms with van der Waals surface area (Å²) in [6.07, 6.45) is 0.910. The van der Waals surface area contributed by atoms with Gasteiger partial charge in [-0.15, -0.1) is 22.7 Å². The Morgan fingerprint density at radius 1 is 1.44 bits per heavy atom. The van der Waals surface area contributed by atoms with Gasteiger partial charge in [-0.2, -0.15) is 0 Å². The van der Waals surface area contributed by atoms with Crippen LogP contribution in [0.25, 0.3) is 0 Å². The van der Waals surface area contributed by atoms with E-state index in [9.17, 15) is 0 Å². The van der Waals surface area contributed by atoms with Gasteiger partial charge in [0.25, 0.3) is 0 Å². The van der Waals surface area contributed by atoms with Gasteiger partial charge < -0.3 is 11.1 Å². The van der Waals surface area contributed by atoms with E-state index >= 15 is 0 Å². The molecule has 0 spiro atoms. The smallest absolute Gasteiger partial charge is 0.180 e. The van der Waals surface area contributed by atoms with Gasteiger partial charge >= 0.3 is 0 Å². The second kappa shape index (κ2) is 5.63. The van der Waals surface area contributed by atoms with Crippen molar-refractivity contribution in [2.24, 2.45) is 0 Å². The van der Waals surface area contributed by atoms with Crippen molar-refractivity contribution < 1.29 is 0 Å². The minimum Gasteiger partial charge on any atom is -0.375 e. The molecule has 0 aliphatic rings. The standard InChI is InChI=1S/C10H12ClN3S2/c11-9-2-1-8(16-9)5-13-4-3-7-6-15-10(12)14-7/h1-2,6,13H,3-5H2,(H2,12,14). The van der Waals surface area contributed by atoms with Crippen LogP contribution in [-0.2, 0) is 13.0 Å². The number of rotatable bonds is 5. The van der Waals surface area contributed by atoms with Crippen LogP contribution in [0, 0.1) is 0 Å². The largest absolute Gasteiger partial charge is 0.375 e. The maximum atomic E-state index is 5.84. The number of nitrogens with zero attached hydrogens (tertiary/aromatic N) is 1. The van der Waals surface area contributed by atoms with Crippen molar-refractivity contribution in [3.63, 3.8) is 0 Å². The molecule has 0 aliphatic heterocycles. The second-order valence-electron chi connectivity index (χ2n) is 3.31. The summed E-state index contributed by atoms with van der Waals surface area (Å²) < 4.78 is 0.837. The third-order valence-electron chi connectivity index (χ3n) is 2.06. The van der Waals surface area contributed by atoms with Crippen LogP contribution in [0.15, 0.2) is 17.5 Å². The molecular weight excluding hydrogens is 262 g/mol. The van der Waals surface area contributed by atoms with Crippen LogP contribution in [0.1, 0.15) is 10.6 Å². The van der Waals surface area contributed by atoms with Crippen molar-refractivity contribution in [1.82, 2.24) is 10.3 Å². The number of thiazole rings is 1. The van der Waals surface area contributed by atoms with Crippen molar-refractivity contribution in [2.45, 2.75) is 13.0 Å². The number of nitrogens with one attached hydrogen (secondary N) is 1. The van der Waals surface area contributed by atoms with Crippen LogP contribution in [-0.4, -0.2) is 11.5 Å². The molecule has 86 valence electrons. The second-order valence-corrected chi connectivity index (χ2v) is 6.00. The van der Waals surface area contributed by atoms with Gasteiger partial charge in [0.1, 0.15) is 0 Å². The van der Waals surface area contributed by atoms with Gasteiger partial charge in [-0.3, -0.25) is 0 Å². The molecule has 0 aliphatic carbocycles. The minimum absolute atomic E-state index is 0.639. The molecule has 2 heterocycles. The summed E-state index contributed by atoms with van der Waals surface area (Å²) >= 11 is 8.93. The lowest BCUT2D eigenvalue weighted by Gasteiger charge is -2.00. The number of hydrogen-bond donors (Lipinski definition) is 2. The molecule has 0 bridgehead atoms. The average molecular weight is 274 g/mol. The summed E-state index contributed by atoms with van der Waals surface area (Å²) in [6, 6.07) is 3.96. The summed E-state index contributed by atoms with van der Waals surface area (Å²) in [5, 5.41) is 5.99. The predicted molar refractivity (Wildman–Crippen MR) is 71.3 cm³/mol. The molecule has 3 nitrogen and oxygen atoms in total. The summed E-state index contributed by atoms with van der Waals surface area (Å²) in [6.45, 7) is 1.76. The third-order valence-corrected chi connectivity index (χ3v) is 4.01. The highest BCUT2D eigenvalue weighted by Crippen LogP contribution is 2.20. The molecule has 0 amide bonds. The van der Waals surface area contributed by atoms with Crippen molar-refractivity contribution in [2.75, 3.05) is 12.3 Å². The van der Waals surface area contributed by atoms with Crippen LogP contribution < -0.4 is 11.1 Å². The molecule has 0 saturated carbocycles. The lowest BCUT2D eigenvalue weighted by atomic mass is 10.3. The monoisotopic (exact) mass is 273 g/mol. The Hall–Kier alpha value is -0.620. The number of aromatic nitrogens is 1. The van der Waals surface area contributed by atoms with Gasteiger partial charge in [0.2, 0.25) is 0 Å². The predicted octanol–water partition coefficient (Wildman–Crippen LogP) is 2.77. The summed E-state index contributed by atoms with van der Waals surface area (Å²) in [7, 11) is 0. The zero-order chi connectivity index (χ0) is 11.4. The van der Waals surface area contributed by atoms with E-state index in [1.54, 1.807) is 11.3 Å². The highest BCUT2D eigenvalue weighted by atomic mass is 35.5. The van der Waals surface area contributed by atoms with Gasteiger partial charge in [-0.05, 0) is 12.1 Å².